The standard InChI is InChI=1S/C9H9F3N4O/c10-9(11,12)6-17-4-3-16-8-7(5-13)14-1-2-15-8/h1-2H,3-4,6H2,(H,15,16). The van der Waals surface area contributed by atoms with E-state index < -0.39 is 12.8 Å². The van der Waals surface area contributed by atoms with Crippen LogP contribution in [0.25, 0.3) is 0 Å². The molecule has 0 amide bonds. The maximum Gasteiger partial charge on any atom is 0.411 e. The SMILES string of the molecule is N#Cc1nccnc1NCCOCC(F)(F)F. The second-order valence-electron chi connectivity index (χ2n) is 2.96. The van der Waals surface area contributed by atoms with Gasteiger partial charge in [-0.15, -0.1) is 0 Å². The number of rotatable bonds is 5. The van der Waals surface area contributed by atoms with Crippen molar-refractivity contribution >= 4 is 5.82 Å². The van der Waals surface area contributed by atoms with Crippen molar-refractivity contribution in [3.63, 3.8) is 0 Å². The summed E-state index contributed by atoms with van der Waals surface area (Å²) in [6.45, 7) is -1.31. The van der Waals surface area contributed by atoms with Crippen molar-refractivity contribution < 1.29 is 17.9 Å². The van der Waals surface area contributed by atoms with E-state index in [4.69, 9.17) is 5.26 Å². The molecule has 0 atom stereocenters. The summed E-state index contributed by atoms with van der Waals surface area (Å²) in [5.74, 6) is 0.227. The van der Waals surface area contributed by atoms with Crippen LogP contribution in [0, 0.1) is 11.3 Å². The summed E-state index contributed by atoms with van der Waals surface area (Å²) < 4.78 is 39.5. The fourth-order valence-electron chi connectivity index (χ4n) is 0.979. The third-order valence-electron chi connectivity index (χ3n) is 1.61. The summed E-state index contributed by atoms with van der Waals surface area (Å²) in [5.41, 5.74) is 0.0864. The molecule has 8 heteroatoms. The molecule has 1 rings (SSSR count). The van der Waals surface area contributed by atoms with Gasteiger partial charge >= 0.3 is 6.18 Å². The molecule has 0 aromatic carbocycles. The smallest absolute Gasteiger partial charge is 0.370 e. The van der Waals surface area contributed by atoms with E-state index in [0.717, 1.165) is 0 Å². The number of hydrogen-bond acceptors (Lipinski definition) is 5. The van der Waals surface area contributed by atoms with Gasteiger partial charge in [0.2, 0.25) is 0 Å². The van der Waals surface area contributed by atoms with Gasteiger partial charge in [0.25, 0.3) is 0 Å². The molecule has 92 valence electrons. The number of anilines is 1. The van der Waals surface area contributed by atoms with Gasteiger partial charge in [-0.1, -0.05) is 0 Å². The third-order valence-corrected chi connectivity index (χ3v) is 1.61. The Labute approximate surface area is 95.2 Å². The summed E-state index contributed by atoms with van der Waals surface area (Å²) in [6.07, 6.45) is -1.60. The van der Waals surface area contributed by atoms with Gasteiger partial charge in [-0.05, 0) is 0 Å². The highest BCUT2D eigenvalue weighted by Gasteiger charge is 2.27. The van der Waals surface area contributed by atoms with E-state index in [1.165, 1.54) is 12.4 Å². The van der Waals surface area contributed by atoms with Crippen LogP contribution in [-0.2, 0) is 4.74 Å². The van der Waals surface area contributed by atoms with Gasteiger partial charge in [0.1, 0.15) is 12.7 Å². The number of halogens is 3. The van der Waals surface area contributed by atoms with Crippen LogP contribution < -0.4 is 5.32 Å². The Morgan fingerprint density at radius 1 is 1.35 bits per heavy atom. The molecule has 0 bridgehead atoms. The Hall–Kier alpha value is -1.88. The van der Waals surface area contributed by atoms with E-state index in [2.05, 4.69) is 20.0 Å². The molecule has 0 spiro atoms. The number of nitriles is 1. The van der Waals surface area contributed by atoms with Gasteiger partial charge in [-0.25, -0.2) is 9.97 Å². The first-order chi connectivity index (χ1) is 8.03. The molecule has 0 saturated heterocycles. The third kappa shape index (κ3) is 5.12. The average Bonchev–Trinajstić information content (AvgIpc) is 2.27. The Morgan fingerprint density at radius 2 is 2.06 bits per heavy atom. The molecule has 1 heterocycles. The molecule has 5 nitrogen and oxygen atoms in total. The molecule has 0 saturated carbocycles. The Bertz CT molecular complexity index is 402. The summed E-state index contributed by atoms with van der Waals surface area (Å²) in [4.78, 5) is 7.55. The predicted molar refractivity (Wildman–Crippen MR) is 52.1 cm³/mol. The van der Waals surface area contributed by atoms with Gasteiger partial charge in [0.05, 0.1) is 6.61 Å². The van der Waals surface area contributed by atoms with Crippen molar-refractivity contribution in [3.8, 4) is 6.07 Å². The predicted octanol–water partition coefficient (Wildman–Crippen LogP) is 1.34. The van der Waals surface area contributed by atoms with Crippen molar-refractivity contribution in [1.29, 1.82) is 5.26 Å². The van der Waals surface area contributed by atoms with Gasteiger partial charge in [0.15, 0.2) is 11.5 Å². The van der Waals surface area contributed by atoms with E-state index >= 15 is 0 Å². The van der Waals surface area contributed by atoms with E-state index in [-0.39, 0.29) is 24.7 Å². The first kappa shape index (κ1) is 13.2. The lowest BCUT2D eigenvalue weighted by Crippen LogP contribution is -2.20. The molecule has 0 radical (unpaired) electrons. The molecule has 1 aromatic rings. The summed E-state index contributed by atoms with van der Waals surface area (Å²) in [6, 6.07) is 1.80. The molecule has 0 fully saturated rings. The van der Waals surface area contributed by atoms with Crippen LogP contribution in [0.2, 0.25) is 0 Å². The maximum atomic E-state index is 11.7. The number of ether oxygens (including phenoxy) is 1. The van der Waals surface area contributed by atoms with Gasteiger partial charge in [-0.2, -0.15) is 18.4 Å². The van der Waals surface area contributed by atoms with Crippen LogP contribution in [0.15, 0.2) is 12.4 Å². The lowest BCUT2D eigenvalue weighted by atomic mass is 10.4. The highest BCUT2D eigenvalue weighted by Crippen LogP contribution is 2.14. The van der Waals surface area contributed by atoms with E-state index in [1.807, 2.05) is 0 Å². The minimum atomic E-state index is -4.33. The Morgan fingerprint density at radius 3 is 2.71 bits per heavy atom. The van der Waals surface area contributed by atoms with Crippen molar-refractivity contribution in [2.24, 2.45) is 0 Å². The quantitative estimate of drug-likeness (QED) is 0.794. The topological polar surface area (TPSA) is 70.8 Å². The van der Waals surface area contributed by atoms with Crippen molar-refractivity contribution in [2.75, 3.05) is 25.1 Å². The zero-order valence-electron chi connectivity index (χ0n) is 8.66. The van der Waals surface area contributed by atoms with Crippen LogP contribution in [0.3, 0.4) is 0 Å². The highest BCUT2D eigenvalue weighted by atomic mass is 19.4. The van der Waals surface area contributed by atoms with Crippen LogP contribution in [0.1, 0.15) is 5.69 Å². The average molecular weight is 246 g/mol. The fraction of sp³-hybridized carbons (Fsp3) is 0.444. The molecule has 0 aliphatic rings. The molecule has 0 unspecified atom stereocenters. The van der Waals surface area contributed by atoms with E-state index in [0.29, 0.717) is 0 Å². The zero-order valence-corrected chi connectivity index (χ0v) is 8.66. The zero-order chi connectivity index (χ0) is 12.7. The fourth-order valence-corrected chi connectivity index (χ4v) is 0.979. The number of nitrogens with zero attached hydrogens (tertiary/aromatic N) is 3. The van der Waals surface area contributed by atoms with Gasteiger partial charge in [0, 0.05) is 18.9 Å². The number of hydrogen-bond donors (Lipinski definition) is 1. The molecule has 1 aromatic heterocycles. The van der Waals surface area contributed by atoms with E-state index in [1.54, 1.807) is 6.07 Å². The first-order valence-corrected chi connectivity index (χ1v) is 4.62. The summed E-state index contributed by atoms with van der Waals surface area (Å²) >= 11 is 0. The van der Waals surface area contributed by atoms with Crippen LogP contribution in [0.5, 0.6) is 0 Å². The molecule has 0 aliphatic carbocycles. The molecule has 0 aliphatic heterocycles. The normalized spacial score (nSPS) is 10.9. The Balaban J connectivity index is 2.30. The number of nitrogens with one attached hydrogen (secondary N) is 1. The van der Waals surface area contributed by atoms with Crippen molar-refractivity contribution in [2.45, 2.75) is 6.18 Å². The second-order valence-corrected chi connectivity index (χ2v) is 2.96. The number of alkyl halides is 3. The van der Waals surface area contributed by atoms with Gasteiger partial charge < -0.3 is 10.1 Å². The lowest BCUT2D eigenvalue weighted by molar-refractivity contribution is -0.172. The monoisotopic (exact) mass is 246 g/mol. The largest absolute Gasteiger partial charge is 0.411 e. The van der Waals surface area contributed by atoms with Crippen molar-refractivity contribution in [3.05, 3.63) is 18.1 Å². The minimum Gasteiger partial charge on any atom is -0.370 e. The summed E-state index contributed by atoms with van der Waals surface area (Å²) in [5, 5.41) is 11.3. The van der Waals surface area contributed by atoms with Crippen molar-refractivity contribution in [1.82, 2.24) is 9.97 Å². The highest BCUT2D eigenvalue weighted by molar-refractivity contribution is 5.46. The molecule has 1 N–H and O–H groups in total. The maximum absolute atomic E-state index is 11.7. The summed E-state index contributed by atoms with van der Waals surface area (Å²) in [7, 11) is 0. The number of aromatic nitrogens is 2. The van der Waals surface area contributed by atoms with Gasteiger partial charge in [-0.3, -0.25) is 0 Å². The van der Waals surface area contributed by atoms with E-state index in [9.17, 15) is 13.2 Å². The minimum absolute atomic E-state index is 0.0864. The van der Waals surface area contributed by atoms with Crippen LogP contribution in [-0.4, -0.2) is 35.9 Å². The molecular weight excluding hydrogens is 237 g/mol. The second kappa shape index (κ2) is 6.00. The van der Waals surface area contributed by atoms with Crippen LogP contribution in [0.4, 0.5) is 19.0 Å². The molecule has 17 heavy (non-hydrogen) atoms. The Kier molecular flexibility index (Phi) is 4.66. The lowest BCUT2D eigenvalue weighted by Gasteiger charge is -2.08. The van der Waals surface area contributed by atoms with Crippen LogP contribution >= 0.6 is 0 Å². The molecular formula is C9H9F3N4O. The first-order valence-electron chi connectivity index (χ1n) is 4.62.